The van der Waals surface area contributed by atoms with Crippen LogP contribution < -0.4 is 5.63 Å². The molecule has 6 rings (SSSR count). The summed E-state index contributed by atoms with van der Waals surface area (Å²) < 4.78 is 5.24. The average Bonchev–Trinajstić information content (AvgIpc) is 3.21. The van der Waals surface area contributed by atoms with Crippen LogP contribution in [0, 0.1) is 28.6 Å². The molecule has 1 amide bonds. The van der Waals surface area contributed by atoms with E-state index in [1.54, 1.807) is 11.2 Å². The molecule has 8 nitrogen and oxygen atoms in total. The Labute approximate surface area is 238 Å². The normalized spacial score (nSPS) is 42.0. The minimum atomic E-state index is -0.770. The quantitative estimate of drug-likeness (QED) is 0.553. The van der Waals surface area contributed by atoms with E-state index in [-0.39, 0.29) is 34.3 Å². The summed E-state index contributed by atoms with van der Waals surface area (Å²) in [4.78, 5) is 30.5. The molecule has 8 atom stereocenters. The van der Waals surface area contributed by atoms with Crippen LogP contribution in [-0.2, 0) is 0 Å². The van der Waals surface area contributed by atoms with E-state index in [1.807, 2.05) is 6.07 Å². The number of hydrogen-bond acceptors (Lipinski definition) is 6. The molecule has 1 aromatic heterocycles. The van der Waals surface area contributed by atoms with Crippen molar-refractivity contribution in [2.24, 2.45) is 28.6 Å². The minimum Gasteiger partial charge on any atom is -0.465 e. The lowest BCUT2D eigenvalue weighted by molar-refractivity contribution is -0.203. The third-order valence-corrected chi connectivity index (χ3v) is 12.9. The van der Waals surface area contributed by atoms with Crippen LogP contribution in [0.3, 0.4) is 0 Å². The van der Waals surface area contributed by atoms with Gasteiger partial charge in [0.05, 0.1) is 11.9 Å². The van der Waals surface area contributed by atoms with E-state index in [2.05, 4.69) is 30.7 Å². The number of hydrogen-bond donors (Lipinski definition) is 2. The van der Waals surface area contributed by atoms with Gasteiger partial charge in [-0.3, -0.25) is 4.90 Å². The van der Waals surface area contributed by atoms with Crippen molar-refractivity contribution in [3.63, 3.8) is 0 Å². The van der Waals surface area contributed by atoms with Crippen LogP contribution >= 0.6 is 0 Å². The van der Waals surface area contributed by atoms with E-state index in [4.69, 9.17) is 4.42 Å². The molecule has 2 heterocycles. The Morgan fingerprint density at radius 3 is 2.50 bits per heavy atom. The van der Waals surface area contributed by atoms with Crippen molar-refractivity contribution in [3.05, 3.63) is 34.4 Å². The predicted octanol–water partition coefficient (Wildman–Crippen LogP) is 4.48. The fourth-order valence-corrected chi connectivity index (χ4v) is 10.3. The zero-order valence-electron chi connectivity index (χ0n) is 24.7. The molecule has 4 saturated carbocycles. The molecule has 40 heavy (non-hydrogen) atoms. The van der Waals surface area contributed by atoms with Crippen molar-refractivity contribution < 1.29 is 19.4 Å². The van der Waals surface area contributed by atoms with Gasteiger partial charge in [0.1, 0.15) is 0 Å². The van der Waals surface area contributed by atoms with Crippen molar-refractivity contribution in [2.45, 2.75) is 89.2 Å². The lowest BCUT2D eigenvalue weighted by Crippen LogP contribution is -2.62. The summed E-state index contributed by atoms with van der Waals surface area (Å²) in [6, 6.07) is 3.51. The second kappa shape index (κ2) is 10.4. The number of likely N-dealkylation sites (N-methyl/N-ethyl adjacent to an activating group) is 1. The van der Waals surface area contributed by atoms with Gasteiger partial charge in [0.25, 0.3) is 0 Å². The smallest absolute Gasteiger partial charge is 0.407 e. The maximum atomic E-state index is 12.5. The summed E-state index contributed by atoms with van der Waals surface area (Å²) in [5.41, 5.74) is -0.0687. The molecule has 0 aromatic carbocycles. The number of aliphatic hydroxyl groups is 1. The highest BCUT2D eigenvalue weighted by atomic mass is 16.4. The topological polar surface area (TPSA) is 97.5 Å². The van der Waals surface area contributed by atoms with Crippen LogP contribution in [0.25, 0.3) is 0 Å². The lowest BCUT2D eigenvalue weighted by atomic mass is 9.43. The van der Waals surface area contributed by atoms with Gasteiger partial charge in [0.15, 0.2) is 0 Å². The van der Waals surface area contributed by atoms with Gasteiger partial charge in [0.2, 0.25) is 0 Å². The van der Waals surface area contributed by atoms with Crippen molar-refractivity contribution in [2.75, 3.05) is 46.3 Å². The minimum absolute atomic E-state index is 0.0973. The molecule has 5 aliphatic rings. The highest BCUT2D eigenvalue weighted by molar-refractivity contribution is 5.65. The number of nitrogens with zero attached hydrogens (tertiary/aromatic N) is 3. The summed E-state index contributed by atoms with van der Waals surface area (Å²) in [5, 5.41) is 22.7. The van der Waals surface area contributed by atoms with E-state index in [0.717, 1.165) is 96.1 Å². The Hall–Kier alpha value is -1.90. The molecular weight excluding hydrogens is 506 g/mol. The van der Waals surface area contributed by atoms with Gasteiger partial charge in [-0.2, -0.15) is 0 Å². The number of fused-ring (bicyclic) bond motifs is 5. The Kier molecular flexibility index (Phi) is 7.36. The number of piperazine rings is 1. The van der Waals surface area contributed by atoms with Crippen LogP contribution in [0.5, 0.6) is 0 Å². The Morgan fingerprint density at radius 2 is 1.80 bits per heavy atom. The van der Waals surface area contributed by atoms with Crippen molar-refractivity contribution in [3.8, 4) is 0 Å². The van der Waals surface area contributed by atoms with Gasteiger partial charge in [0, 0.05) is 56.8 Å². The Morgan fingerprint density at radius 1 is 1.02 bits per heavy atom. The molecule has 2 N–H and O–H groups in total. The van der Waals surface area contributed by atoms with E-state index < -0.39 is 11.7 Å². The maximum Gasteiger partial charge on any atom is 0.407 e. The molecule has 0 unspecified atom stereocenters. The van der Waals surface area contributed by atoms with Gasteiger partial charge in [-0.15, -0.1) is 0 Å². The van der Waals surface area contributed by atoms with Crippen molar-refractivity contribution in [1.29, 1.82) is 0 Å². The standard InChI is InChI=1S/C32H49N3O5/c1-30-11-8-24(35(29(37)38)19-18-34-16-14-33(3)15-17-34)20-23(30)5-6-27-26(30)9-12-31(2)25(10-13-32(27,31)39)22-4-7-28(36)40-21-22/h4,7,21,23-27,39H,5-6,8-20H2,1-3H3,(H,37,38)/t23-,24+,25-,26+,27-,30+,31-,32+/m1/s1. The second-order valence-electron chi connectivity index (χ2n) is 14.4. The second-order valence-corrected chi connectivity index (χ2v) is 14.4. The number of carboxylic acid groups (broad SMARTS) is 1. The van der Waals surface area contributed by atoms with Crippen molar-refractivity contribution >= 4 is 6.09 Å². The average molecular weight is 556 g/mol. The summed E-state index contributed by atoms with van der Waals surface area (Å²) in [6.07, 6.45) is 9.68. The largest absolute Gasteiger partial charge is 0.465 e. The molecule has 0 bridgehead atoms. The van der Waals surface area contributed by atoms with Gasteiger partial charge < -0.3 is 24.4 Å². The molecule has 1 aliphatic heterocycles. The third kappa shape index (κ3) is 4.53. The van der Waals surface area contributed by atoms with E-state index in [9.17, 15) is 19.8 Å². The molecule has 5 fully saturated rings. The first kappa shape index (κ1) is 28.2. The molecule has 8 heteroatoms. The van der Waals surface area contributed by atoms with E-state index >= 15 is 0 Å². The predicted molar refractivity (Wildman–Crippen MR) is 153 cm³/mol. The van der Waals surface area contributed by atoms with Gasteiger partial charge >= 0.3 is 11.7 Å². The summed E-state index contributed by atoms with van der Waals surface area (Å²) in [6.45, 7) is 10.3. The molecular formula is C32H49N3O5. The fraction of sp³-hybridized carbons (Fsp3) is 0.812. The van der Waals surface area contributed by atoms with E-state index in [0.29, 0.717) is 18.4 Å². The maximum absolute atomic E-state index is 12.5. The van der Waals surface area contributed by atoms with Crippen LogP contribution in [-0.4, -0.2) is 89.0 Å². The highest BCUT2D eigenvalue weighted by Crippen LogP contribution is 2.70. The molecule has 0 spiro atoms. The first-order valence-electron chi connectivity index (χ1n) is 15.8. The summed E-state index contributed by atoms with van der Waals surface area (Å²) in [7, 11) is 2.15. The van der Waals surface area contributed by atoms with Crippen molar-refractivity contribution in [1.82, 2.24) is 14.7 Å². The Balaban J connectivity index is 1.15. The monoisotopic (exact) mass is 555 g/mol. The zero-order valence-corrected chi connectivity index (χ0v) is 24.7. The number of amides is 1. The van der Waals surface area contributed by atoms with Crippen LogP contribution in [0.4, 0.5) is 4.79 Å². The molecule has 1 aromatic rings. The molecule has 222 valence electrons. The number of carbonyl (C=O) groups is 1. The molecule has 1 saturated heterocycles. The van der Waals surface area contributed by atoms with Gasteiger partial charge in [-0.1, -0.05) is 13.8 Å². The lowest BCUT2D eigenvalue weighted by Gasteiger charge is -2.64. The first-order chi connectivity index (χ1) is 19.0. The highest BCUT2D eigenvalue weighted by Gasteiger charge is 2.67. The van der Waals surface area contributed by atoms with Crippen LogP contribution in [0.1, 0.15) is 83.1 Å². The summed E-state index contributed by atoms with van der Waals surface area (Å²) >= 11 is 0. The first-order valence-corrected chi connectivity index (χ1v) is 15.8. The molecule has 0 radical (unpaired) electrons. The Bertz CT molecular complexity index is 1130. The van der Waals surface area contributed by atoms with Crippen LogP contribution in [0.15, 0.2) is 27.6 Å². The molecule has 4 aliphatic carbocycles. The number of rotatable bonds is 5. The van der Waals surface area contributed by atoms with Gasteiger partial charge in [-0.25, -0.2) is 9.59 Å². The van der Waals surface area contributed by atoms with Crippen LogP contribution in [0.2, 0.25) is 0 Å². The summed E-state index contributed by atoms with van der Waals surface area (Å²) in [5.74, 6) is 1.46. The fourth-order valence-electron chi connectivity index (χ4n) is 10.3. The third-order valence-electron chi connectivity index (χ3n) is 12.9. The van der Waals surface area contributed by atoms with Gasteiger partial charge in [-0.05, 0) is 106 Å². The van der Waals surface area contributed by atoms with E-state index in [1.165, 1.54) is 6.07 Å². The zero-order chi connectivity index (χ0) is 28.3. The SMILES string of the molecule is CN1CCN(CCN(C(=O)O)[C@H]2CC[C@@]3(C)[C@H](CC[C@@H]4[C@@H]3CC[C@]3(C)[C@@H](c5ccc(=O)oc5)CC[C@]43O)C2)CC1.